The number of nitrogens with two attached hydrogens (primary N) is 1. The van der Waals surface area contributed by atoms with Gasteiger partial charge in [0.1, 0.15) is 10.7 Å². The zero-order chi connectivity index (χ0) is 14.8. The maximum absolute atomic E-state index is 13.1. The highest BCUT2D eigenvalue weighted by molar-refractivity contribution is 9.10. The lowest BCUT2D eigenvalue weighted by atomic mass is 10.3. The molecule has 0 atom stereocenters. The lowest BCUT2D eigenvalue weighted by Gasteiger charge is -2.11. The van der Waals surface area contributed by atoms with E-state index in [1.165, 1.54) is 24.4 Å². The fraction of sp³-hybridized carbons (Fsp3) is 0. The summed E-state index contributed by atoms with van der Waals surface area (Å²) >= 11 is 2.98. The standard InChI is InChI=1S/C11H10BrFN4O2S/c12-8-5-7(1-2-9(8)13)17-20(18,19)11-6-15-4-3-10(11)16-14/h1-6,17H,14H2,(H,15,16). The minimum Gasteiger partial charge on any atom is -0.323 e. The third-order valence-electron chi connectivity index (χ3n) is 2.40. The maximum Gasteiger partial charge on any atom is 0.265 e. The van der Waals surface area contributed by atoms with E-state index in [4.69, 9.17) is 5.84 Å². The highest BCUT2D eigenvalue weighted by atomic mass is 79.9. The summed E-state index contributed by atoms with van der Waals surface area (Å²) in [5.74, 6) is 4.77. The van der Waals surface area contributed by atoms with E-state index >= 15 is 0 Å². The van der Waals surface area contributed by atoms with Crippen molar-refractivity contribution < 1.29 is 12.8 Å². The van der Waals surface area contributed by atoms with Crippen molar-refractivity contribution in [1.82, 2.24) is 4.98 Å². The normalized spacial score (nSPS) is 11.2. The molecule has 0 aliphatic rings. The van der Waals surface area contributed by atoms with Crippen LogP contribution in [0.1, 0.15) is 0 Å². The topological polar surface area (TPSA) is 97.1 Å². The van der Waals surface area contributed by atoms with Crippen LogP contribution in [-0.2, 0) is 10.0 Å². The number of nitrogens with zero attached hydrogens (tertiary/aromatic N) is 1. The van der Waals surface area contributed by atoms with Crippen LogP contribution < -0.4 is 16.0 Å². The van der Waals surface area contributed by atoms with Gasteiger partial charge < -0.3 is 5.43 Å². The molecule has 106 valence electrons. The van der Waals surface area contributed by atoms with Gasteiger partial charge in [0.25, 0.3) is 10.0 Å². The smallest absolute Gasteiger partial charge is 0.265 e. The van der Waals surface area contributed by atoms with Crippen molar-refractivity contribution in [3.05, 3.63) is 46.9 Å². The summed E-state index contributed by atoms with van der Waals surface area (Å²) in [6.07, 6.45) is 2.57. The Bertz CT molecular complexity index is 739. The van der Waals surface area contributed by atoms with Crippen molar-refractivity contribution in [3.63, 3.8) is 0 Å². The molecule has 9 heteroatoms. The second-order valence-electron chi connectivity index (χ2n) is 3.75. The van der Waals surface area contributed by atoms with Crippen LogP contribution in [0.3, 0.4) is 0 Å². The predicted octanol–water partition coefficient (Wildman–Crippen LogP) is 2.07. The molecule has 1 aromatic carbocycles. The fourth-order valence-electron chi connectivity index (χ4n) is 1.48. The van der Waals surface area contributed by atoms with Gasteiger partial charge in [0.2, 0.25) is 0 Å². The number of rotatable bonds is 4. The zero-order valence-corrected chi connectivity index (χ0v) is 12.4. The molecule has 2 rings (SSSR count). The van der Waals surface area contributed by atoms with Crippen molar-refractivity contribution in [3.8, 4) is 0 Å². The highest BCUT2D eigenvalue weighted by Crippen LogP contribution is 2.24. The Hall–Kier alpha value is -1.71. The molecule has 0 radical (unpaired) electrons. The molecule has 0 saturated carbocycles. The van der Waals surface area contributed by atoms with Gasteiger partial charge in [-0.15, -0.1) is 0 Å². The van der Waals surface area contributed by atoms with Crippen molar-refractivity contribution in [2.24, 2.45) is 5.84 Å². The van der Waals surface area contributed by atoms with Crippen LogP contribution in [0, 0.1) is 5.82 Å². The van der Waals surface area contributed by atoms with E-state index in [0.717, 1.165) is 12.3 Å². The molecule has 4 N–H and O–H groups in total. The van der Waals surface area contributed by atoms with E-state index in [2.05, 4.69) is 31.1 Å². The fourth-order valence-corrected chi connectivity index (χ4v) is 3.03. The average molecular weight is 361 g/mol. The molecule has 0 amide bonds. The number of anilines is 2. The molecule has 2 aromatic rings. The Labute approximate surface area is 123 Å². The molecule has 0 saturated heterocycles. The molecule has 0 aliphatic heterocycles. The number of nitrogen functional groups attached to an aromatic ring is 1. The van der Waals surface area contributed by atoms with Gasteiger partial charge in [-0.1, -0.05) is 0 Å². The van der Waals surface area contributed by atoms with E-state index in [0.29, 0.717) is 0 Å². The number of sulfonamides is 1. The van der Waals surface area contributed by atoms with Crippen molar-refractivity contribution in [2.75, 3.05) is 10.1 Å². The first-order valence-electron chi connectivity index (χ1n) is 5.32. The SMILES string of the molecule is NNc1ccncc1S(=O)(=O)Nc1ccc(F)c(Br)c1. The summed E-state index contributed by atoms with van der Waals surface area (Å²) in [6, 6.07) is 5.20. The molecule has 20 heavy (non-hydrogen) atoms. The third kappa shape index (κ3) is 3.06. The molecular weight excluding hydrogens is 351 g/mol. The number of benzene rings is 1. The molecule has 6 nitrogen and oxygen atoms in total. The Morgan fingerprint density at radius 3 is 2.70 bits per heavy atom. The first kappa shape index (κ1) is 14.7. The van der Waals surface area contributed by atoms with Crippen molar-refractivity contribution in [2.45, 2.75) is 4.90 Å². The van der Waals surface area contributed by atoms with Gasteiger partial charge in [-0.2, -0.15) is 0 Å². The number of pyridine rings is 1. The summed E-state index contributed by atoms with van der Waals surface area (Å²) < 4.78 is 40.0. The van der Waals surface area contributed by atoms with Gasteiger partial charge in [0, 0.05) is 12.4 Å². The first-order chi connectivity index (χ1) is 9.44. The van der Waals surface area contributed by atoms with Gasteiger partial charge in [0.05, 0.1) is 15.8 Å². The van der Waals surface area contributed by atoms with Gasteiger partial charge in [-0.25, -0.2) is 12.8 Å². The third-order valence-corrected chi connectivity index (χ3v) is 4.42. The minimum absolute atomic E-state index is 0.108. The molecule has 0 spiro atoms. The minimum atomic E-state index is -3.88. The van der Waals surface area contributed by atoms with Crippen molar-refractivity contribution in [1.29, 1.82) is 0 Å². The molecule has 1 aromatic heterocycles. The van der Waals surface area contributed by atoms with Crippen LogP contribution in [0.4, 0.5) is 15.8 Å². The van der Waals surface area contributed by atoms with E-state index in [-0.39, 0.29) is 20.7 Å². The van der Waals surface area contributed by atoms with Gasteiger partial charge in [0.15, 0.2) is 0 Å². The van der Waals surface area contributed by atoms with Gasteiger partial charge >= 0.3 is 0 Å². The second kappa shape index (κ2) is 5.73. The molecule has 1 heterocycles. The number of halogens is 2. The summed E-state index contributed by atoms with van der Waals surface area (Å²) in [4.78, 5) is 3.64. The Morgan fingerprint density at radius 2 is 2.05 bits per heavy atom. The summed E-state index contributed by atoms with van der Waals surface area (Å²) in [5, 5.41) is 0. The number of nitrogens with one attached hydrogen (secondary N) is 2. The van der Waals surface area contributed by atoms with Crippen LogP contribution in [0.2, 0.25) is 0 Å². The van der Waals surface area contributed by atoms with Gasteiger partial charge in [-0.05, 0) is 40.2 Å². The largest absolute Gasteiger partial charge is 0.323 e. The average Bonchev–Trinajstić information content (AvgIpc) is 2.42. The van der Waals surface area contributed by atoms with E-state index in [9.17, 15) is 12.8 Å². The maximum atomic E-state index is 13.1. The molecule has 0 bridgehead atoms. The quantitative estimate of drug-likeness (QED) is 0.572. The highest BCUT2D eigenvalue weighted by Gasteiger charge is 2.19. The first-order valence-corrected chi connectivity index (χ1v) is 7.60. The monoisotopic (exact) mass is 360 g/mol. The molecule has 0 unspecified atom stereocenters. The second-order valence-corrected chi connectivity index (χ2v) is 6.26. The summed E-state index contributed by atoms with van der Waals surface area (Å²) in [6.45, 7) is 0. The number of hydrogen-bond donors (Lipinski definition) is 3. The van der Waals surface area contributed by atoms with Crippen LogP contribution in [-0.4, -0.2) is 13.4 Å². The van der Waals surface area contributed by atoms with Crippen LogP contribution in [0.15, 0.2) is 46.0 Å². The van der Waals surface area contributed by atoms with Crippen LogP contribution in [0.25, 0.3) is 0 Å². The number of hydrazine groups is 1. The number of hydrogen-bond acceptors (Lipinski definition) is 5. The lowest BCUT2D eigenvalue weighted by Crippen LogP contribution is -2.17. The van der Waals surface area contributed by atoms with E-state index < -0.39 is 15.8 Å². The number of aromatic nitrogens is 1. The summed E-state index contributed by atoms with van der Waals surface area (Å²) in [5.41, 5.74) is 2.70. The lowest BCUT2D eigenvalue weighted by molar-refractivity contribution is 0.600. The Balaban J connectivity index is 2.38. The van der Waals surface area contributed by atoms with E-state index in [1.807, 2.05) is 0 Å². The molecule has 0 aliphatic carbocycles. The van der Waals surface area contributed by atoms with Crippen molar-refractivity contribution >= 4 is 37.3 Å². The van der Waals surface area contributed by atoms with Gasteiger partial charge in [-0.3, -0.25) is 15.5 Å². The molecular formula is C11H10BrFN4O2S. The Kier molecular flexibility index (Phi) is 4.21. The van der Waals surface area contributed by atoms with Crippen LogP contribution >= 0.6 is 15.9 Å². The summed E-state index contributed by atoms with van der Waals surface area (Å²) in [7, 11) is -3.88. The van der Waals surface area contributed by atoms with Crippen LogP contribution in [0.5, 0.6) is 0 Å². The Morgan fingerprint density at radius 1 is 1.30 bits per heavy atom. The zero-order valence-electron chi connectivity index (χ0n) is 9.97. The predicted molar refractivity (Wildman–Crippen MR) is 77.0 cm³/mol. The van der Waals surface area contributed by atoms with E-state index in [1.54, 1.807) is 0 Å². The molecule has 0 fully saturated rings.